The van der Waals surface area contributed by atoms with Crippen molar-refractivity contribution in [2.24, 2.45) is 0 Å². The molecular weight excluding hydrogens is 276 g/mol. The number of nitrogens with two attached hydrogens (primary N) is 1. The number of nitrogen functional groups attached to an aromatic ring is 1. The predicted octanol–water partition coefficient (Wildman–Crippen LogP) is 3.19. The van der Waals surface area contributed by atoms with Crippen LogP contribution in [-0.2, 0) is 6.42 Å². The molecule has 3 rings (SSSR count). The van der Waals surface area contributed by atoms with Crippen LogP contribution in [0, 0.1) is 11.6 Å². The minimum absolute atomic E-state index is 0.172. The Bertz CT molecular complexity index is 766. The second-order valence-corrected chi connectivity index (χ2v) is 4.56. The molecule has 0 saturated heterocycles. The van der Waals surface area contributed by atoms with Gasteiger partial charge in [-0.15, -0.1) is 0 Å². The molecule has 0 saturated carbocycles. The van der Waals surface area contributed by atoms with Gasteiger partial charge in [0.2, 0.25) is 0 Å². The average molecular weight is 287 g/mol. The Morgan fingerprint density at radius 3 is 2.48 bits per heavy atom. The van der Waals surface area contributed by atoms with E-state index in [4.69, 9.17) is 10.3 Å². The SMILES string of the molecule is Nc1ccccc1-c1nc(Cc2cc(F)cc(F)c2)no1. The summed E-state index contributed by atoms with van der Waals surface area (Å²) in [4.78, 5) is 4.19. The standard InChI is InChI=1S/C15H11F2N3O/c16-10-5-9(6-11(17)8-10)7-14-19-15(21-20-14)12-3-1-2-4-13(12)18/h1-6,8H,7,18H2. The molecule has 106 valence electrons. The van der Waals surface area contributed by atoms with Crippen molar-refractivity contribution in [1.29, 1.82) is 0 Å². The molecule has 0 fully saturated rings. The Kier molecular flexibility index (Phi) is 3.35. The molecule has 0 radical (unpaired) electrons. The van der Waals surface area contributed by atoms with Gasteiger partial charge in [-0.05, 0) is 29.8 Å². The number of hydrogen-bond acceptors (Lipinski definition) is 4. The van der Waals surface area contributed by atoms with E-state index < -0.39 is 11.6 Å². The monoisotopic (exact) mass is 287 g/mol. The van der Waals surface area contributed by atoms with E-state index >= 15 is 0 Å². The minimum atomic E-state index is -0.638. The maximum atomic E-state index is 13.1. The Balaban J connectivity index is 1.87. The van der Waals surface area contributed by atoms with Gasteiger partial charge in [0.15, 0.2) is 5.82 Å². The van der Waals surface area contributed by atoms with Crippen LogP contribution in [0.15, 0.2) is 47.0 Å². The lowest BCUT2D eigenvalue weighted by Gasteiger charge is -1.99. The highest BCUT2D eigenvalue weighted by Crippen LogP contribution is 2.24. The Morgan fingerprint density at radius 1 is 1.05 bits per heavy atom. The van der Waals surface area contributed by atoms with E-state index in [0.717, 1.165) is 6.07 Å². The van der Waals surface area contributed by atoms with Crippen LogP contribution in [0.1, 0.15) is 11.4 Å². The number of rotatable bonds is 3. The fourth-order valence-corrected chi connectivity index (χ4v) is 2.02. The largest absolute Gasteiger partial charge is 0.398 e. The third kappa shape index (κ3) is 2.89. The maximum Gasteiger partial charge on any atom is 0.260 e. The fourth-order valence-electron chi connectivity index (χ4n) is 2.02. The minimum Gasteiger partial charge on any atom is -0.398 e. The van der Waals surface area contributed by atoms with E-state index in [-0.39, 0.29) is 12.3 Å². The molecule has 21 heavy (non-hydrogen) atoms. The molecule has 4 nitrogen and oxygen atoms in total. The highest BCUT2D eigenvalue weighted by Gasteiger charge is 2.12. The van der Waals surface area contributed by atoms with E-state index in [0.29, 0.717) is 22.6 Å². The van der Waals surface area contributed by atoms with Gasteiger partial charge in [-0.1, -0.05) is 17.3 Å². The number of benzene rings is 2. The molecule has 0 spiro atoms. The molecule has 2 aromatic carbocycles. The van der Waals surface area contributed by atoms with E-state index in [2.05, 4.69) is 10.1 Å². The summed E-state index contributed by atoms with van der Waals surface area (Å²) in [5.41, 5.74) is 7.40. The normalized spacial score (nSPS) is 10.8. The first kappa shape index (κ1) is 13.2. The summed E-state index contributed by atoms with van der Waals surface area (Å²) < 4.78 is 31.4. The fraction of sp³-hybridized carbons (Fsp3) is 0.0667. The zero-order valence-electron chi connectivity index (χ0n) is 10.9. The van der Waals surface area contributed by atoms with Crippen molar-refractivity contribution in [2.45, 2.75) is 6.42 Å². The summed E-state index contributed by atoms with van der Waals surface area (Å²) in [7, 11) is 0. The molecule has 0 aliphatic carbocycles. The number of nitrogens with zero attached hydrogens (tertiary/aromatic N) is 2. The van der Waals surface area contributed by atoms with Crippen molar-refractivity contribution in [3.05, 3.63) is 65.5 Å². The van der Waals surface area contributed by atoms with E-state index in [1.807, 2.05) is 0 Å². The number of anilines is 1. The molecule has 6 heteroatoms. The molecule has 2 N–H and O–H groups in total. The second kappa shape index (κ2) is 5.32. The number of hydrogen-bond donors (Lipinski definition) is 1. The van der Waals surface area contributed by atoms with Crippen LogP contribution in [0.4, 0.5) is 14.5 Å². The molecule has 1 heterocycles. The van der Waals surface area contributed by atoms with Crippen LogP contribution in [0.25, 0.3) is 11.5 Å². The number of aromatic nitrogens is 2. The van der Waals surface area contributed by atoms with Crippen molar-refractivity contribution in [3.8, 4) is 11.5 Å². The molecule has 3 aromatic rings. The quantitative estimate of drug-likeness (QED) is 0.751. The van der Waals surface area contributed by atoms with Crippen molar-refractivity contribution >= 4 is 5.69 Å². The average Bonchev–Trinajstić information content (AvgIpc) is 2.86. The highest BCUT2D eigenvalue weighted by molar-refractivity contribution is 5.69. The van der Waals surface area contributed by atoms with Crippen molar-refractivity contribution in [2.75, 3.05) is 5.73 Å². The van der Waals surface area contributed by atoms with Crippen molar-refractivity contribution in [1.82, 2.24) is 10.1 Å². The topological polar surface area (TPSA) is 64.9 Å². The summed E-state index contributed by atoms with van der Waals surface area (Å²) in [5.74, 6) is -0.666. The Hall–Kier alpha value is -2.76. The number of halogens is 2. The van der Waals surface area contributed by atoms with Crippen LogP contribution in [-0.4, -0.2) is 10.1 Å². The summed E-state index contributed by atoms with van der Waals surface area (Å²) in [6.07, 6.45) is 0.172. The van der Waals surface area contributed by atoms with E-state index in [1.54, 1.807) is 24.3 Å². The lowest BCUT2D eigenvalue weighted by Crippen LogP contribution is -1.94. The van der Waals surface area contributed by atoms with Gasteiger partial charge in [0.05, 0.1) is 5.56 Å². The zero-order valence-corrected chi connectivity index (χ0v) is 10.9. The lowest BCUT2D eigenvalue weighted by atomic mass is 10.1. The molecule has 1 aromatic heterocycles. The smallest absolute Gasteiger partial charge is 0.260 e. The molecule has 0 aliphatic rings. The Labute approximate surface area is 119 Å². The van der Waals surface area contributed by atoms with Crippen LogP contribution >= 0.6 is 0 Å². The van der Waals surface area contributed by atoms with E-state index in [9.17, 15) is 8.78 Å². The molecule has 0 amide bonds. The van der Waals surface area contributed by atoms with Gasteiger partial charge in [0.1, 0.15) is 11.6 Å². The highest BCUT2D eigenvalue weighted by atomic mass is 19.1. The summed E-state index contributed by atoms with van der Waals surface area (Å²) in [6.45, 7) is 0. The molecule has 0 aliphatic heterocycles. The van der Waals surface area contributed by atoms with Crippen molar-refractivity contribution < 1.29 is 13.3 Å². The predicted molar refractivity (Wildman–Crippen MR) is 73.3 cm³/mol. The zero-order chi connectivity index (χ0) is 14.8. The van der Waals surface area contributed by atoms with Gasteiger partial charge in [0, 0.05) is 18.2 Å². The molecular formula is C15H11F2N3O. The number of para-hydroxylation sites is 1. The van der Waals surface area contributed by atoms with E-state index in [1.165, 1.54) is 12.1 Å². The summed E-state index contributed by atoms with van der Waals surface area (Å²) in [5, 5.41) is 3.80. The van der Waals surface area contributed by atoms with Gasteiger partial charge >= 0.3 is 0 Å². The Morgan fingerprint density at radius 2 is 1.76 bits per heavy atom. The van der Waals surface area contributed by atoms with Gasteiger partial charge in [-0.3, -0.25) is 0 Å². The van der Waals surface area contributed by atoms with Crippen molar-refractivity contribution in [3.63, 3.8) is 0 Å². The van der Waals surface area contributed by atoms with Gasteiger partial charge < -0.3 is 10.3 Å². The first-order chi connectivity index (χ1) is 10.1. The third-order valence-electron chi connectivity index (χ3n) is 2.94. The van der Waals surface area contributed by atoms with Crippen LogP contribution < -0.4 is 5.73 Å². The summed E-state index contributed by atoms with van der Waals surface area (Å²) >= 11 is 0. The maximum absolute atomic E-state index is 13.1. The van der Waals surface area contributed by atoms with Gasteiger partial charge in [0.25, 0.3) is 5.89 Å². The molecule has 0 bridgehead atoms. The summed E-state index contributed by atoms with van der Waals surface area (Å²) in [6, 6.07) is 10.4. The van der Waals surface area contributed by atoms with Gasteiger partial charge in [-0.2, -0.15) is 4.98 Å². The third-order valence-corrected chi connectivity index (χ3v) is 2.94. The second-order valence-electron chi connectivity index (χ2n) is 4.56. The molecule has 0 unspecified atom stereocenters. The van der Waals surface area contributed by atoms with Crippen LogP contribution in [0.5, 0.6) is 0 Å². The van der Waals surface area contributed by atoms with Crippen LogP contribution in [0.2, 0.25) is 0 Å². The molecule has 0 atom stereocenters. The first-order valence-electron chi connectivity index (χ1n) is 6.24. The first-order valence-corrected chi connectivity index (χ1v) is 6.24. The lowest BCUT2D eigenvalue weighted by molar-refractivity contribution is 0.424. The van der Waals surface area contributed by atoms with Gasteiger partial charge in [-0.25, -0.2) is 8.78 Å². The van der Waals surface area contributed by atoms with Crippen LogP contribution in [0.3, 0.4) is 0 Å².